The maximum absolute atomic E-state index is 5.41. The molecule has 0 radical (unpaired) electrons. The fourth-order valence-corrected chi connectivity index (χ4v) is 2.25. The molecule has 19 heavy (non-hydrogen) atoms. The van der Waals surface area contributed by atoms with Crippen LogP contribution in [0.3, 0.4) is 0 Å². The molecular weight excluding hydrogens is 236 g/mol. The smallest absolute Gasteiger partial charge is 0.142 e. The number of anilines is 1. The first kappa shape index (κ1) is 13.5. The Morgan fingerprint density at radius 3 is 2.47 bits per heavy atom. The van der Waals surface area contributed by atoms with Crippen LogP contribution in [0.25, 0.3) is 0 Å². The molecule has 0 bridgehead atoms. The third kappa shape index (κ3) is 2.75. The molecule has 0 aliphatic rings. The predicted octanol–water partition coefficient (Wildman–Crippen LogP) is 3.57. The van der Waals surface area contributed by atoms with Crippen molar-refractivity contribution in [3.63, 3.8) is 0 Å². The second kappa shape index (κ2) is 5.39. The van der Waals surface area contributed by atoms with Gasteiger partial charge in [-0.3, -0.25) is 0 Å². The van der Waals surface area contributed by atoms with Crippen molar-refractivity contribution in [3.8, 4) is 5.75 Å². The minimum Gasteiger partial charge on any atom is -0.495 e. The van der Waals surface area contributed by atoms with E-state index in [1.807, 2.05) is 6.07 Å². The molecule has 0 aliphatic heterocycles. The molecule has 2 rings (SSSR count). The first-order chi connectivity index (χ1) is 9.02. The largest absolute Gasteiger partial charge is 0.495 e. The van der Waals surface area contributed by atoms with E-state index in [2.05, 4.69) is 55.9 Å². The maximum atomic E-state index is 5.41. The van der Waals surface area contributed by atoms with Gasteiger partial charge >= 0.3 is 0 Å². The van der Waals surface area contributed by atoms with Crippen molar-refractivity contribution < 1.29 is 4.74 Å². The monoisotopic (exact) mass is 258 g/mol. The molecule has 0 amide bonds. The molecule has 0 atom stereocenters. The summed E-state index contributed by atoms with van der Waals surface area (Å²) >= 11 is 0. The van der Waals surface area contributed by atoms with Crippen molar-refractivity contribution in [1.29, 1.82) is 0 Å². The number of rotatable bonds is 4. The van der Waals surface area contributed by atoms with Crippen LogP contribution in [0.1, 0.15) is 22.5 Å². The molecule has 2 aromatic rings. The van der Waals surface area contributed by atoms with Gasteiger partial charge in [0.25, 0.3) is 0 Å². The standard InChI is InChI=1S/C16H22N2O/c1-11-6-7-15(16(8-11)19-5)17-10-14-9-12(2)18(4)13(14)3/h6-9,17H,10H2,1-5H3. The van der Waals surface area contributed by atoms with Crippen molar-refractivity contribution in [2.45, 2.75) is 27.3 Å². The van der Waals surface area contributed by atoms with Gasteiger partial charge < -0.3 is 14.6 Å². The highest BCUT2D eigenvalue weighted by molar-refractivity contribution is 5.58. The zero-order valence-electron chi connectivity index (χ0n) is 12.4. The van der Waals surface area contributed by atoms with Crippen LogP contribution >= 0.6 is 0 Å². The Bertz CT molecular complexity index is 585. The summed E-state index contributed by atoms with van der Waals surface area (Å²) in [5.41, 5.74) is 6.15. The summed E-state index contributed by atoms with van der Waals surface area (Å²) in [7, 11) is 3.80. The van der Waals surface area contributed by atoms with Crippen LogP contribution in [0, 0.1) is 20.8 Å². The lowest BCUT2D eigenvalue weighted by Gasteiger charge is -2.12. The second-order valence-corrected chi connectivity index (χ2v) is 5.01. The Morgan fingerprint density at radius 1 is 1.16 bits per heavy atom. The third-order valence-electron chi connectivity index (χ3n) is 3.71. The van der Waals surface area contributed by atoms with Crippen LogP contribution in [0.5, 0.6) is 5.75 Å². The van der Waals surface area contributed by atoms with Crippen LogP contribution < -0.4 is 10.1 Å². The van der Waals surface area contributed by atoms with Crippen LogP contribution in [-0.4, -0.2) is 11.7 Å². The van der Waals surface area contributed by atoms with E-state index in [1.165, 1.54) is 22.5 Å². The molecular formula is C16H22N2O. The van der Waals surface area contributed by atoms with Crippen LogP contribution in [0.15, 0.2) is 24.3 Å². The number of nitrogens with zero attached hydrogens (tertiary/aromatic N) is 1. The maximum Gasteiger partial charge on any atom is 0.142 e. The first-order valence-electron chi connectivity index (χ1n) is 6.53. The van der Waals surface area contributed by atoms with E-state index < -0.39 is 0 Å². The number of aromatic nitrogens is 1. The molecule has 0 aliphatic carbocycles. The summed E-state index contributed by atoms with van der Waals surface area (Å²) in [6.07, 6.45) is 0. The van der Waals surface area contributed by atoms with Gasteiger partial charge in [-0.05, 0) is 50.1 Å². The molecule has 0 spiro atoms. The zero-order chi connectivity index (χ0) is 14.0. The average molecular weight is 258 g/mol. The van der Waals surface area contributed by atoms with Gasteiger partial charge in [-0.2, -0.15) is 0 Å². The minimum atomic E-state index is 0.812. The van der Waals surface area contributed by atoms with E-state index in [-0.39, 0.29) is 0 Å². The Kier molecular flexibility index (Phi) is 3.84. The lowest BCUT2D eigenvalue weighted by molar-refractivity contribution is 0.416. The van der Waals surface area contributed by atoms with Gasteiger partial charge in [0.15, 0.2) is 0 Å². The molecule has 1 heterocycles. The highest BCUT2D eigenvalue weighted by Crippen LogP contribution is 2.26. The Hall–Kier alpha value is -1.90. The molecule has 3 nitrogen and oxygen atoms in total. The van der Waals surface area contributed by atoms with E-state index in [0.29, 0.717) is 0 Å². The number of hydrogen-bond acceptors (Lipinski definition) is 2. The molecule has 0 fully saturated rings. The summed E-state index contributed by atoms with van der Waals surface area (Å²) < 4.78 is 7.62. The lowest BCUT2D eigenvalue weighted by Crippen LogP contribution is -2.03. The number of nitrogens with one attached hydrogen (secondary N) is 1. The lowest BCUT2D eigenvalue weighted by atomic mass is 10.2. The highest BCUT2D eigenvalue weighted by Gasteiger charge is 2.07. The van der Waals surface area contributed by atoms with Crippen molar-refractivity contribution in [3.05, 3.63) is 46.8 Å². The van der Waals surface area contributed by atoms with Crippen molar-refractivity contribution in [1.82, 2.24) is 4.57 Å². The van der Waals surface area contributed by atoms with Gasteiger partial charge in [0.05, 0.1) is 12.8 Å². The Labute approximate surface area is 115 Å². The predicted molar refractivity (Wildman–Crippen MR) is 79.9 cm³/mol. The van der Waals surface area contributed by atoms with E-state index in [1.54, 1.807) is 7.11 Å². The number of hydrogen-bond donors (Lipinski definition) is 1. The summed E-state index contributed by atoms with van der Waals surface area (Å²) in [5.74, 6) is 0.894. The summed E-state index contributed by atoms with van der Waals surface area (Å²) in [4.78, 5) is 0. The summed E-state index contributed by atoms with van der Waals surface area (Å²) in [6, 6.07) is 8.43. The van der Waals surface area contributed by atoms with Gasteiger partial charge in [0.2, 0.25) is 0 Å². The van der Waals surface area contributed by atoms with Crippen molar-refractivity contribution in [2.24, 2.45) is 7.05 Å². The number of aryl methyl sites for hydroxylation is 2. The molecule has 0 unspecified atom stereocenters. The number of benzene rings is 1. The molecule has 0 saturated carbocycles. The van der Waals surface area contributed by atoms with E-state index in [4.69, 9.17) is 4.74 Å². The Morgan fingerprint density at radius 2 is 1.89 bits per heavy atom. The van der Waals surface area contributed by atoms with Crippen LogP contribution in [0.2, 0.25) is 0 Å². The van der Waals surface area contributed by atoms with E-state index in [9.17, 15) is 0 Å². The molecule has 1 aromatic heterocycles. The normalized spacial score (nSPS) is 10.6. The highest BCUT2D eigenvalue weighted by atomic mass is 16.5. The SMILES string of the molecule is COc1cc(C)ccc1NCc1cc(C)n(C)c1C. The first-order valence-corrected chi connectivity index (χ1v) is 6.53. The number of methoxy groups -OCH3 is 1. The minimum absolute atomic E-state index is 0.812. The van der Waals surface area contributed by atoms with E-state index >= 15 is 0 Å². The Balaban J connectivity index is 2.16. The van der Waals surface area contributed by atoms with Gasteiger partial charge in [-0.15, -0.1) is 0 Å². The van der Waals surface area contributed by atoms with Crippen LogP contribution in [-0.2, 0) is 13.6 Å². The average Bonchev–Trinajstić information content (AvgIpc) is 2.64. The zero-order valence-corrected chi connectivity index (χ0v) is 12.4. The van der Waals surface area contributed by atoms with Crippen LogP contribution in [0.4, 0.5) is 5.69 Å². The fraction of sp³-hybridized carbons (Fsp3) is 0.375. The third-order valence-corrected chi connectivity index (χ3v) is 3.71. The molecule has 102 valence electrons. The quantitative estimate of drug-likeness (QED) is 0.907. The topological polar surface area (TPSA) is 26.2 Å². The van der Waals surface area contributed by atoms with Gasteiger partial charge in [0, 0.05) is 25.0 Å². The van der Waals surface area contributed by atoms with Gasteiger partial charge in [-0.25, -0.2) is 0 Å². The van der Waals surface area contributed by atoms with Crippen molar-refractivity contribution >= 4 is 5.69 Å². The van der Waals surface area contributed by atoms with E-state index in [0.717, 1.165) is 18.0 Å². The number of ether oxygens (including phenoxy) is 1. The summed E-state index contributed by atoms with van der Waals surface area (Å²) in [5, 5.41) is 3.45. The molecule has 0 saturated heterocycles. The van der Waals surface area contributed by atoms with Gasteiger partial charge in [0.1, 0.15) is 5.75 Å². The fourth-order valence-electron chi connectivity index (χ4n) is 2.25. The molecule has 1 aromatic carbocycles. The molecule has 3 heteroatoms. The molecule has 1 N–H and O–H groups in total. The second-order valence-electron chi connectivity index (χ2n) is 5.01. The summed E-state index contributed by atoms with van der Waals surface area (Å²) in [6.45, 7) is 7.16. The van der Waals surface area contributed by atoms with Gasteiger partial charge in [-0.1, -0.05) is 6.07 Å². The van der Waals surface area contributed by atoms with Crippen molar-refractivity contribution in [2.75, 3.05) is 12.4 Å².